The van der Waals surface area contributed by atoms with Crippen LogP contribution in [-0.2, 0) is 6.54 Å². The molecule has 2 rings (SSSR count). The highest BCUT2D eigenvalue weighted by molar-refractivity contribution is 6.30. The molecular formula is C11H15ClN4O. The summed E-state index contributed by atoms with van der Waals surface area (Å²) in [5, 5.41) is 7.90. The number of rotatable bonds is 3. The number of nitrogens with one attached hydrogen (secondary N) is 1. The molecule has 0 unspecified atom stereocenters. The summed E-state index contributed by atoms with van der Waals surface area (Å²) in [6.45, 7) is 6.95. The molecule has 2 aromatic rings. The lowest BCUT2D eigenvalue weighted by molar-refractivity contribution is 0.420. The number of hydrogen-bond acceptors (Lipinski definition) is 4. The molecule has 2 heterocycles. The second-order valence-electron chi connectivity index (χ2n) is 4.83. The molecule has 0 aromatic carbocycles. The van der Waals surface area contributed by atoms with Gasteiger partial charge in [-0.1, -0.05) is 11.6 Å². The molecule has 0 aliphatic carbocycles. The van der Waals surface area contributed by atoms with E-state index in [9.17, 15) is 0 Å². The van der Waals surface area contributed by atoms with Gasteiger partial charge in [0.15, 0.2) is 0 Å². The highest BCUT2D eigenvalue weighted by atomic mass is 35.5. The second kappa shape index (κ2) is 4.50. The number of nitrogens with zero attached hydrogens (tertiary/aromatic N) is 3. The SMILES string of the molecule is CC(C)(C)NCc1coc(-n2cc(Cl)cn2)n1. The zero-order chi connectivity index (χ0) is 12.5. The Bertz CT molecular complexity index is 498. The van der Waals surface area contributed by atoms with E-state index >= 15 is 0 Å². The summed E-state index contributed by atoms with van der Waals surface area (Å²) in [6.07, 6.45) is 4.80. The Morgan fingerprint density at radius 2 is 2.24 bits per heavy atom. The smallest absolute Gasteiger partial charge is 0.322 e. The Hall–Kier alpha value is -1.33. The summed E-state index contributed by atoms with van der Waals surface area (Å²) in [5.41, 5.74) is 0.884. The van der Waals surface area contributed by atoms with Crippen LogP contribution in [0.5, 0.6) is 0 Å². The predicted molar refractivity (Wildman–Crippen MR) is 65.2 cm³/mol. The van der Waals surface area contributed by atoms with Gasteiger partial charge in [-0.3, -0.25) is 0 Å². The van der Waals surface area contributed by atoms with Gasteiger partial charge in [-0.25, -0.2) is 0 Å². The molecule has 92 valence electrons. The van der Waals surface area contributed by atoms with Gasteiger partial charge in [0.1, 0.15) is 6.26 Å². The number of halogens is 1. The van der Waals surface area contributed by atoms with Crippen LogP contribution in [0, 0.1) is 0 Å². The summed E-state index contributed by atoms with van der Waals surface area (Å²) < 4.78 is 6.82. The summed E-state index contributed by atoms with van der Waals surface area (Å²) in [4.78, 5) is 4.31. The fourth-order valence-corrected chi connectivity index (χ4v) is 1.38. The van der Waals surface area contributed by atoms with Crippen molar-refractivity contribution in [1.82, 2.24) is 20.1 Å². The third kappa shape index (κ3) is 3.31. The van der Waals surface area contributed by atoms with Gasteiger partial charge in [0.2, 0.25) is 0 Å². The van der Waals surface area contributed by atoms with Crippen LogP contribution in [0.2, 0.25) is 5.02 Å². The van der Waals surface area contributed by atoms with Crippen molar-refractivity contribution in [2.24, 2.45) is 0 Å². The summed E-state index contributed by atoms with van der Waals surface area (Å²) in [6, 6.07) is 0.419. The maximum Gasteiger partial charge on any atom is 0.322 e. The minimum atomic E-state index is 0.0497. The van der Waals surface area contributed by atoms with Crippen molar-refractivity contribution in [2.45, 2.75) is 32.9 Å². The van der Waals surface area contributed by atoms with Gasteiger partial charge >= 0.3 is 6.01 Å². The summed E-state index contributed by atoms with van der Waals surface area (Å²) in [7, 11) is 0. The topological polar surface area (TPSA) is 55.9 Å². The Balaban J connectivity index is 2.06. The maximum atomic E-state index is 5.77. The van der Waals surface area contributed by atoms with Crippen LogP contribution in [0.25, 0.3) is 6.01 Å². The third-order valence-corrected chi connectivity index (χ3v) is 2.28. The molecule has 2 aromatic heterocycles. The first-order valence-corrected chi connectivity index (χ1v) is 5.72. The molecule has 1 N–H and O–H groups in total. The highest BCUT2D eigenvalue weighted by Crippen LogP contribution is 2.12. The predicted octanol–water partition coefficient (Wildman–Crippen LogP) is 2.40. The van der Waals surface area contributed by atoms with Gasteiger partial charge in [-0.05, 0) is 20.8 Å². The van der Waals surface area contributed by atoms with Crippen molar-refractivity contribution in [3.63, 3.8) is 0 Å². The number of aromatic nitrogens is 3. The molecule has 0 aliphatic heterocycles. The molecule has 0 saturated carbocycles. The molecule has 0 fully saturated rings. The number of oxazole rings is 1. The first-order valence-electron chi connectivity index (χ1n) is 5.34. The minimum absolute atomic E-state index is 0.0497. The molecule has 0 aliphatic rings. The molecule has 6 heteroatoms. The molecule has 0 radical (unpaired) electrons. The van der Waals surface area contributed by atoms with Crippen LogP contribution < -0.4 is 5.32 Å². The lowest BCUT2D eigenvalue weighted by Crippen LogP contribution is -2.35. The Morgan fingerprint density at radius 3 is 2.82 bits per heavy atom. The summed E-state index contributed by atoms with van der Waals surface area (Å²) in [5.74, 6) is 0. The van der Waals surface area contributed by atoms with Crippen molar-refractivity contribution in [3.8, 4) is 6.01 Å². The lowest BCUT2D eigenvalue weighted by Gasteiger charge is -2.19. The second-order valence-corrected chi connectivity index (χ2v) is 5.26. The van der Waals surface area contributed by atoms with E-state index < -0.39 is 0 Å². The average molecular weight is 255 g/mol. The van der Waals surface area contributed by atoms with E-state index in [0.29, 0.717) is 17.6 Å². The standard InChI is InChI=1S/C11H15ClN4O/c1-11(2,3)13-5-9-7-17-10(15-9)16-6-8(12)4-14-16/h4,6-7,13H,5H2,1-3H3. The Morgan fingerprint density at radius 1 is 1.47 bits per heavy atom. The van der Waals surface area contributed by atoms with Gasteiger partial charge in [0.25, 0.3) is 0 Å². The van der Waals surface area contributed by atoms with Crippen LogP contribution in [-0.4, -0.2) is 20.3 Å². The molecule has 5 nitrogen and oxygen atoms in total. The lowest BCUT2D eigenvalue weighted by atomic mass is 10.1. The Labute approximate surface area is 105 Å². The zero-order valence-corrected chi connectivity index (χ0v) is 10.8. The van der Waals surface area contributed by atoms with Gasteiger partial charge in [0.05, 0.1) is 23.1 Å². The van der Waals surface area contributed by atoms with Crippen LogP contribution in [0.3, 0.4) is 0 Å². The zero-order valence-electron chi connectivity index (χ0n) is 10.1. The largest absolute Gasteiger partial charge is 0.430 e. The van der Waals surface area contributed by atoms with E-state index in [1.54, 1.807) is 18.7 Å². The van der Waals surface area contributed by atoms with Gasteiger partial charge in [-0.2, -0.15) is 14.8 Å². The van der Waals surface area contributed by atoms with E-state index in [2.05, 4.69) is 36.2 Å². The van der Waals surface area contributed by atoms with Gasteiger partial charge < -0.3 is 9.73 Å². The highest BCUT2D eigenvalue weighted by Gasteiger charge is 2.11. The van der Waals surface area contributed by atoms with Crippen molar-refractivity contribution >= 4 is 11.6 Å². The molecule has 0 bridgehead atoms. The molecule has 0 saturated heterocycles. The van der Waals surface area contributed by atoms with Crippen molar-refractivity contribution in [1.29, 1.82) is 0 Å². The quantitative estimate of drug-likeness (QED) is 0.914. The molecular weight excluding hydrogens is 240 g/mol. The monoisotopic (exact) mass is 254 g/mol. The van der Waals surface area contributed by atoms with E-state index in [1.165, 1.54) is 4.68 Å². The maximum absolute atomic E-state index is 5.77. The van der Waals surface area contributed by atoms with E-state index in [1.807, 2.05) is 0 Å². The van der Waals surface area contributed by atoms with Crippen LogP contribution >= 0.6 is 11.6 Å². The molecule has 17 heavy (non-hydrogen) atoms. The van der Waals surface area contributed by atoms with Crippen molar-refractivity contribution in [3.05, 3.63) is 29.4 Å². The van der Waals surface area contributed by atoms with Crippen molar-refractivity contribution < 1.29 is 4.42 Å². The minimum Gasteiger partial charge on any atom is -0.430 e. The summed E-state index contributed by atoms with van der Waals surface area (Å²) >= 11 is 5.77. The molecule has 0 amide bonds. The molecule has 0 atom stereocenters. The first-order chi connectivity index (χ1) is 7.94. The fraction of sp³-hybridized carbons (Fsp3) is 0.455. The van der Waals surface area contributed by atoms with E-state index in [4.69, 9.17) is 16.0 Å². The fourth-order valence-electron chi connectivity index (χ4n) is 1.24. The Kier molecular flexibility index (Phi) is 3.22. The van der Waals surface area contributed by atoms with Gasteiger partial charge in [-0.15, -0.1) is 0 Å². The third-order valence-electron chi connectivity index (χ3n) is 2.09. The average Bonchev–Trinajstić information content (AvgIpc) is 2.81. The van der Waals surface area contributed by atoms with Crippen LogP contribution in [0.1, 0.15) is 26.5 Å². The van der Waals surface area contributed by atoms with Crippen LogP contribution in [0.15, 0.2) is 23.1 Å². The normalized spacial score (nSPS) is 12.0. The van der Waals surface area contributed by atoms with Crippen LogP contribution in [0.4, 0.5) is 0 Å². The first kappa shape index (κ1) is 12.1. The van der Waals surface area contributed by atoms with Gasteiger partial charge in [0, 0.05) is 12.1 Å². The van der Waals surface area contributed by atoms with Crippen molar-refractivity contribution in [2.75, 3.05) is 0 Å². The number of hydrogen-bond donors (Lipinski definition) is 1. The molecule has 0 spiro atoms. The van der Waals surface area contributed by atoms with E-state index in [0.717, 1.165) is 5.69 Å². The van der Waals surface area contributed by atoms with E-state index in [-0.39, 0.29) is 5.54 Å².